The number of aromatic nitrogens is 2. The number of hydrogen-bond acceptors (Lipinski definition) is 4. The van der Waals surface area contributed by atoms with Crippen molar-refractivity contribution in [3.8, 4) is 0 Å². The number of fused-ring (bicyclic) bond motifs is 1. The normalized spacial score (nSPS) is 12.3. The van der Waals surface area contributed by atoms with Crippen LogP contribution >= 0.6 is 0 Å². The zero-order valence-electron chi connectivity index (χ0n) is 12.4. The Morgan fingerprint density at radius 1 is 1.36 bits per heavy atom. The van der Waals surface area contributed by atoms with E-state index in [1.54, 1.807) is 32.0 Å². The molecule has 0 radical (unpaired) electrons. The highest BCUT2D eigenvalue weighted by Gasteiger charge is 2.23. The van der Waals surface area contributed by atoms with E-state index < -0.39 is 17.9 Å². The van der Waals surface area contributed by atoms with Gasteiger partial charge < -0.3 is 10.8 Å². The molecule has 0 aliphatic rings. The van der Waals surface area contributed by atoms with E-state index in [1.807, 2.05) is 0 Å². The highest BCUT2D eigenvalue weighted by atomic mass is 16.4. The van der Waals surface area contributed by atoms with E-state index in [0.29, 0.717) is 16.7 Å². The number of aliphatic carboxylic acids is 1. The predicted molar refractivity (Wildman–Crippen MR) is 80.6 cm³/mol. The summed E-state index contributed by atoms with van der Waals surface area (Å²) in [6.45, 7) is 3.38. The van der Waals surface area contributed by atoms with E-state index in [4.69, 9.17) is 10.8 Å². The highest BCUT2D eigenvalue weighted by Crippen LogP contribution is 2.18. The third kappa shape index (κ3) is 2.83. The zero-order valence-corrected chi connectivity index (χ0v) is 12.4. The number of primary amides is 1. The first-order valence-corrected chi connectivity index (χ1v) is 6.82. The lowest BCUT2D eigenvalue weighted by molar-refractivity contribution is -0.137. The lowest BCUT2D eigenvalue weighted by atomic mass is 10.1. The quantitative estimate of drug-likeness (QED) is 0.851. The third-order valence-corrected chi connectivity index (χ3v) is 3.59. The second kappa shape index (κ2) is 5.97. The van der Waals surface area contributed by atoms with Gasteiger partial charge in [-0.15, -0.1) is 0 Å². The summed E-state index contributed by atoms with van der Waals surface area (Å²) < 4.78 is 1.20. The van der Waals surface area contributed by atoms with Gasteiger partial charge >= 0.3 is 5.97 Å². The number of nitrogens with two attached hydrogens (primary N) is 1. The van der Waals surface area contributed by atoms with Crippen LogP contribution in [0, 0.1) is 13.8 Å². The second-order valence-corrected chi connectivity index (χ2v) is 5.15. The highest BCUT2D eigenvalue weighted by molar-refractivity contribution is 5.83. The first-order chi connectivity index (χ1) is 10.3. The maximum absolute atomic E-state index is 12.7. The van der Waals surface area contributed by atoms with Crippen molar-refractivity contribution in [2.45, 2.75) is 32.7 Å². The topological polar surface area (TPSA) is 115 Å². The summed E-state index contributed by atoms with van der Waals surface area (Å²) in [5.74, 6) is -1.47. The molecule has 3 N–H and O–H groups in total. The molecular formula is C15H17N3O4. The number of carboxylic acids is 1. The number of carboxylic acid groups (broad SMARTS) is 1. The molecule has 0 fully saturated rings. The summed E-state index contributed by atoms with van der Waals surface area (Å²) in [7, 11) is 0. The molecule has 1 heterocycles. The van der Waals surface area contributed by atoms with E-state index in [-0.39, 0.29) is 18.4 Å². The average molecular weight is 303 g/mol. The Morgan fingerprint density at radius 2 is 2.05 bits per heavy atom. The molecule has 0 unspecified atom stereocenters. The van der Waals surface area contributed by atoms with Gasteiger partial charge in [0.2, 0.25) is 5.91 Å². The van der Waals surface area contributed by atoms with Crippen LogP contribution in [0.25, 0.3) is 10.9 Å². The third-order valence-electron chi connectivity index (χ3n) is 3.59. The van der Waals surface area contributed by atoms with Gasteiger partial charge in [-0.05, 0) is 31.9 Å². The van der Waals surface area contributed by atoms with Gasteiger partial charge in [0.1, 0.15) is 11.9 Å². The minimum atomic E-state index is -1.05. The number of hydrogen-bond donors (Lipinski definition) is 2. The standard InChI is InChI=1S/C15H17N3O4/c1-8-4-3-5-10-13(8)15(22)18(9(2)17-10)11(14(16)21)6-7-12(19)20/h3-5,11H,6-7H2,1-2H3,(H2,16,21)(H,19,20)/t11-/m0/s1. The Balaban J connectivity index is 2.67. The Labute approximate surface area is 126 Å². The second-order valence-electron chi connectivity index (χ2n) is 5.15. The van der Waals surface area contributed by atoms with Gasteiger partial charge in [0, 0.05) is 6.42 Å². The molecule has 0 saturated carbocycles. The summed E-state index contributed by atoms with van der Waals surface area (Å²) in [5.41, 5.74) is 6.26. The first kappa shape index (κ1) is 15.7. The van der Waals surface area contributed by atoms with E-state index in [0.717, 1.165) is 5.56 Å². The summed E-state index contributed by atoms with van der Waals surface area (Å²) in [6.07, 6.45) is -0.310. The van der Waals surface area contributed by atoms with Crippen molar-refractivity contribution in [1.82, 2.24) is 9.55 Å². The molecule has 0 aliphatic carbocycles. The molecule has 2 aromatic rings. The predicted octanol–water partition coefficient (Wildman–Crippen LogP) is 0.905. The van der Waals surface area contributed by atoms with Crippen LogP contribution in [0.5, 0.6) is 0 Å². The minimum absolute atomic E-state index is 0.0511. The van der Waals surface area contributed by atoms with E-state index >= 15 is 0 Å². The number of benzene rings is 1. The largest absolute Gasteiger partial charge is 0.481 e. The number of amides is 1. The molecule has 116 valence electrons. The Hall–Kier alpha value is -2.70. The van der Waals surface area contributed by atoms with Gasteiger partial charge in [-0.2, -0.15) is 0 Å². The molecule has 22 heavy (non-hydrogen) atoms. The fraction of sp³-hybridized carbons (Fsp3) is 0.333. The molecule has 0 aliphatic heterocycles. The summed E-state index contributed by atoms with van der Waals surface area (Å²) in [4.78, 5) is 39.5. The van der Waals surface area contributed by atoms with E-state index in [1.165, 1.54) is 4.57 Å². The van der Waals surface area contributed by atoms with Crippen molar-refractivity contribution >= 4 is 22.8 Å². The molecular weight excluding hydrogens is 286 g/mol. The molecule has 7 heteroatoms. The van der Waals surface area contributed by atoms with Gasteiger partial charge in [0.25, 0.3) is 5.56 Å². The van der Waals surface area contributed by atoms with Crippen molar-refractivity contribution in [3.05, 3.63) is 39.9 Å². The zero-order chi connectivity index (χ0) is 16.4. The molecule has 2 rings (SSSR count). The van der Waals surface area contributed by atoms with Crippen LogP contribution in [-0.4, -0.2) is 26.5 Å². The van der Waals surface area contributed by atoms with Crippen molar-refractivity contribution in [3.63, 3.8) is 0 Å². The van der Waals surface area contributed by atoms with Crippen molar-refractivity contribution in [2.24, 2.45) is 5.73 Å². The van der Waals surface area contributed by atoms with Crippen LogP contribution in [0.15, 0.2) is 23.0 Å². The Morgan fingerprint density at radius 3 is 2.64 bits per heavy atom. The molecule has 1 aromatic carbocycles. The monoisotopic (exact) mass is 303 g/mol. The number of carbonyl (C=O) groups excluding carboxylic acids is 1. The van der Waals surface area contributed by atoms with Crippen LogP contribution < -0.4 is 11.3 Å². The minimum Gasteiger partial charge on any atom is -0.481 e. The fourth-order valence-corrected chi connectivity index (χ4v) is 2.55. The van der Waals surface area contributed by atoms with E-state index in [9.17, 15) is 14.4 Å². The first-order valence-electron chi connectivity index (χ1n) is 6.82. The SMILES string of the molecule is Cc1cccc2nc(C)n([C@@H](CCC(=O)O)C(N)=O)c(=O)c12. The molecule has 1 amide bonds. The van der Waals surface area contributed by atoms with Gasteiger partial charge in [-0.25, -0.2) is 4.98 Å². The Kier molecular flexibility index (Phi) is 4.25. The van der Waals surface area contributed by atoms with Crippen LogP contribution in [-0.2, 0) is 9.59 Å². The fourth-order valence-electron chi connectivity index (χ4n) is 2.55. The maximum atomic E-state index is 12.7. The summed E-state index contributed by atoms with van der Waals surface area (Å²) >= 11 is 0. The number of rotatable bonds is 5. The number of nitrogens with zero attached hydrogens (tertiary/aromatic N) is 2. The van der Waals surface area contributed by atoms with Gasteiger partial charge in [-0.1, -0.05) is 12.1 Å². The molecule has 0 bridgehead atoms. The number of aryl methyl sites for hydroxylation is 2. The Bertz CT molecular complexity index is 810. The van der Waals surface area contributed by atoms with Crippen LogP contribution in [0.1, 0.15) is 30.3 Å². The van der Waals surface area contributed by atoms with Crippen molar-refractivity contribution in [1.29, 1.82) is 0 Å². The summed E-state index contributed by atoms with van der Waals surface area (Å²) in [5, 5.41) is 9.20. The van der Waals surface area contributed by atoms with Crippen LogP contribution in [0.2, 0.25) is 0 Å². The van der Waals surface area contributed by atoms with Crippen molar-refractivity contribution < 1.29 is 14.7 Å². The molecule has 0 spiro atoms. The van der Waals surface area contributed by atoms with Gasteiger partial charge in [0.05, 0.1) is 10.9 Å². The lowest BCUT2D eigenvalue weighted by Crippen LogP contribution is -2.36. The summed E-state index contributed by atoms with van der Waals surface area (Å²) in [6, 6.07) is 4.27. The van der Waals surface area contributed by atoms with Crippen molar-refractivity contribution in [2.75, 3.05) is 0 Å². The van der Waals surface area contributed by atoms with E-state index in [2.05, 4.69) is 4.98 Å². The van der Waals surface area contributed by atoms with Gasteiger partial charge in [0.15, 0.2) is 0 Å². The molecule has 1 aromatic heterocycles. The van der Waals surface area contributed by atoms with Crippen LogP contribution in [0.4, 0.5) is 0 Å². The van der Waals surface area contributed by atoms with Crippen LogP contribution in [0.3, 0.4) is 0 Å². The van der Waals surface area contributed by atoms with Gasteiger partial charge in [-0.3, -0.25) is 19.0 Å². The molecule has 1 atom stereocenters. The molecule has 7 nitrogen and oxygen atoms in total. The molecule has 0 saturated heterocycles. The lowest BCUT2D eigenvalue weighted by Gasteiger charge is -2.19. The average Bonchev–Trinajstić information content (AvgIpc) is 2.41. The number of carbonyl (C=O) groups is 2. The smallest absolute Gasteiger partial charge is 0.303 e. The maximum Gasteiger partial charge on any atom is 0.303 e.